The van der Waals surface area contributed by atoms with Gasteiger partial charge in [-0.15, -0.1) is 5.10 Å². The highest BCUT2D eigenvalue weighted by Gasteiger charge is 2.44. The average molecular weight is 465 g/mol. The topological polar surface area (TPSA) is 94.7 Å². The molecule has 2 fully saturated rings. The van der Waals surface area contributed by atoms with E-state index in [0.717, 1.165) is 23.4 Å². The minimum absolute atomic E-state index is 0.0370. The van der Waals surface area contributed by atoms with E-state index in [4.69, 9.17) is 27.9 Å². The van der Waals surface area contributed by atoms with Crippen LogP contribution in [0.2, 0.25) is 10.0 Å². The lowest BCUT2D eigenvalue weighted by Crippen LogP contribution is -2.45. The summed E-state index contributed by atoms with van der Waals surface area (Å²) in [6, 6.07) is 5.13. The monoisotopic (exact) mass is 464 g/mol. The molecule has 164 valence electrons. The summed E-state index contributed by atoms with van der Waals surface area (Å²) >= 11 is 12.0. The Labute approximate surface area is 189 Å². The molecule has 31 heavy (non-hydrogen) atoms. The van der Waals surface area contributed by atoms with Crippen LogP contribution in [0.15, 0.2) is 18.2 Å². The molecule has 2 saturated heterocycles. The van der Waals surface area contributed by atoms with Crippen LogP contribution in [0.3, 0.4) is 0 Å². The molecule has 0 saturated carbocycles. The van der Waals surface area contributed by atoms with E-state index in [1.54, 1.807) is 23.1 Å². The van der Waals surface area contributed by atoms with Crippen LogP contribution in [0, 0.1) is 11.8 Å². The molecular weight excluding hydrogens is 443 g/mol. The lowest BCUT2D eigenvalue weighted by Gasteiger charge is -2.31. The second-order valence-corrected chi connectivity index (χ2v) is 9.23. The van der Waals surface area contributed by atoms with Crippen molar-refractivity contribution in [3.8, 4) is 0 Å². The van der Waals surface area contributed by atoms with E-state index in [1.165, 1.54) is 0 Å². The molecule has 0 unspecified atom stereocenters. The van der Waals surface area contributed by atoms with Crippen LogP contribution in [0.1, 0.15) is 17.0 Å². The fraction of sp³-hybridized carbons (Fsp3) is 0.500. The number of aromatic nitrogens is 3. The first-order valence-electron chi connectivity index (χ1n) is 10.3. The van der Waals surface area contributed by atoms with Crippen molar-refractivity contribution in [3.05, 3.63) is 45.2 Å². The van der Waals surface area contributed by atoms with Gasteiger partial charge in [0.25, 0.3) is 0 Å². The average Bonchev–Trinajstić information content (AvgIpc) is 3.44. The van der Waals surface area contributed by atoms with Gasteiger partial charge in [-0.1, -0.05) is 28.4 Å². The molecule has 11 heteroatoms. The van der Waals surface area contributed by atoms with Crippen LogP contribution < -0.4 is 0 Å². The summed E-state index contributed by atoms with van der Waals surface area (Å²) in [5.74, 6) is 0.536. The first-order valence-corrected chi connectivity index (χ1v) is 11.0. The highest BCUT2D eigenvalue weighted by Crippen LogP contribution is 2.32. The summed E-state index contributed by atoms with van der Waals surface area (Å²) in [6.45, 7) is 3.76. The number of nitrogens with zero attached hydrogens (tertiary/aromatic N) is 5. The molecule has 0 aliphatic carbocycles. The summed E-state index contributed by atoms with van der Waals surface area (Å²) in [4.78, 5) is 30.9. The van der Waals surface area contributed by atoms with Gasteiger partial charge in [0.05, 0.1) is 12.2 Å². The van der Waals surface area contributed by atoms with E-state index in [0.29, 0.717) is 49.3 Å². The largest absolute Gasteiger partial charge is 0.445 e. The Hall–Kier alpha value is -2.52. The fourth-order valence-corrected chi connectivity index (χ4v) is 5.27. The number of nitrogens with one attached hydrogen (secondary N) is 1. The number of H-pyrrole nitrogens is 1. The third-order valence-electron chi connectivity index (χ3n) is 6.25. The van der Waals surface area contributed by atoms with E-state index < -0.39 is 0 Å². The van der Waals surface area contributed by atoms with Gasteiger partial charge in [-0.05, 0) is 23.8 Å². The molecule has 5 rings (SSSR count). The van der Waals surface area contributed by atoms with Crippen molar-refractivity contribution in [1.29, 1.82) is 0 Å². The van der Waals surface area contributed by atoms with Crippen molar-refractivity contribution in [2.75, 3.05) is 32.7 Å². The molecule has 1 N–H and O–H groups in total. The summed E-state index contributed by atoms with van der Waals surface area (Å²) in [7, 11) is 0. The zero-order chi connectivity index (χ0) is 21.5. The molecule has 3 amide bonds. The first-order chi connectivity index (χ1) is 15.0. The lowest BCUT2D eigenvalue weighted by molar-refractivity contribution is 0.0995. The number of urea groups is 1. The molecule has 1 aromatic carbocycles. The number of halogens is 2. The van der Waals surface area contributed by atoms with Crippen LogP contribution >= 0.6 is 23.2 Å². The van der Waals surface area contributed by atoms with Crippen LogP contribution in [0.25, 0.3) is 0 Å². The van der Waals surface area contributed by atoms with Crippen molar-refractivity contribution in [2.45, 2.75) is 19.6 Å². The number of carbonyl (C=O) groups is 2. The van der Waals surface area contributed by atoms with Gasteiger partial charge in [-0.3, -0.25) is 5.10 Å². The molecule has 0 bridgehead atoms. The van der Waals surface area contributed by atoms with Gasteiger partial charge in [-0.2, -0.15) is 0 Å². The van der Waals surface area contributed by atoms with Crippen molar-refractivity contribution in [1.82, 2.24) is 30.1 Å². The minimum Gasteiger partial charge on any atom is -0.445 e. The molecular formula is C20H22Cl2N6O3. The lowest BCUT2D eigenvalue weighted by atomic mass is 10.0. The second kappa shape index (κ2) is 8.20. The molecule has 0 spiro atoms. The van der Waals surface area contributed by atoms with Gasteiger partial charge in [-0.25, -0.2) is 9.59 Å². The summed E-state index contributed by atoms with van der Waals surface area (Å²) < 4.78 is 5.45. The number of rotatable bonds is 2. The first kappa shape index (κ1) is 20.4. The molecule has 2 aromatic rings. The number of hydrogen-bond donors (Lipinski definition) is 1. The molecule has 2 atom stereocenters. The number of hydrogen-bond acceptors (Lipinski definition) is 5. The Balaban J connectivity index is 1.12. The maximum Gasteiger partial charge on any atom is 0.410 e. The molecule has 9 nitrogen and oxygen atoms in total. The molecule has 3 aliphatic rings. The normalized spacial score (nSPS) is 22.5. The quantitative estimate of drug-likeness (QED) is 0.736. The number of likely N-dealkylation sites (tertiary alicyclic amines) is 2. The van der Waals surface area contributed by atoms with Gasteiger partial charge in [0.2, 0.25) is 0 Å². The summed E-state index contributed by atoms with van der Waals surface area (Å²) in [6.07, 6.45) is 0.393. The van der Waals surface area contributed by atoms with Gasteiger partial charge < -0.3 is 19.4 Å². The Morgan fingerprint density at radius 3 is 2.42 bits per heavy atom. The van der Waals surface area contributed by atoms with E-state index in [1.807, 2.05) is 9.80 Å². The number of aromatic amines is 1. The summed E-state index contributed by atoms with van der Waals surface area (Å²) in [5, 5.41) is 11.8. The van der Waals surface area contributed by atoms with Gasteiger partial charge >= 0.3 is 12.1 Å². The number of benzene rings is 1. The number of carbonyl (C=O) groups excluding carboxylic acids is 2. The zero-order valence-electron chi connectivity index (χ0n) is 16.8. The minimum atomic E-state index is -0.349. The SMILES string of the molecule is O=C(OCc1cc(Cl)cc(Cl)c1)N1C[C@@H]2CN(C(=O)N3CCc4[nH]nnc4C3)C[C@@H]2C1. The highest BCUT2D eigenvalue weighted by molar-refractivity contribution is 6.34. The Morgan fingerprint density at radius 2 is 1.71 bits per heavy atom. The molecule has 4 heterocycles. The predicted octanol–water partition coefficient (Wildman–Crippen LogP) is 2.79. The number of ether oxygens (including phenoxy) is 1. The van der Waals surface area contributed by atoms with Crippen molar-refractivity contribution < 1.29 is 14.3 Å². The van der Waals surface area contributed by atoms with E-state index in [2.05, 4.69) is 15.4 Å². The third kappa shape index (κ3) is 4.16. The summed E-state index contributed by atoms with van der Waals surface area (Å²) in [5.41, 5.74) is 2.60. The Kier molecular flexibility index (Phi) is 5.39. The maximum absolute atomic E-state index is 13.0. The molecule has 3 aliphatic heterocycles. The smallest absolute Gasteiger partial charge is 0.410 e. The van der Waals surface area contributed by atoms with Crippen LogP contribution in [0.5, 0.6) is 0 Å². The molecule has 0 radical (unpaired) electrons. The third-order valence-corrected chi connectivity index (χ3v) is 6.68. The maximum atomic E-state index is 13.0. The Morgan fingerprint density at radius 1 is 1.03 bits per heavy atom. The van der Waals surface area contributed by atoms with Crippen LogP contribution in [-0.2, 0) is 24.3 Å². The van der Waals surface area contributed by atoms with Crippen molar-refractivity contribution >= 4 is 35.3 Å². The van der Waals surface area contributed by atoms with E-state index >= 15 is 0 Å². The van der Waals surface area contributed by atoms with Gasteiger partial charge in [0.15, 0.2) is 0 Å². The van der Waals surface area contributed by atoms with Gasteiger partial charge in [0.1, 0.15) is 12.3 Å². The van der Waals surface area contributed by atoms with Crippen molar-refractivity contribution in [3.63, 3.8) is 0 Å². The van der Waals surface area contributed by atoms with Gasteiger partial charge in [0, 0.05) is 61.0 Å². The fourth-order valence-electron chi connectivity index (χ4n) is 4.70. The Bertz CT molecular complexity index is 980. The van der Waals surface area contributed by atoms with Crippen LogP contribution in [-0.4, -0.2) is 75.0 Å². The molecule has 1 aromatic heterocycles. The zero-order valence-corrected chi connectivity index (χ0v) is 18.3. The number of amides is 3. The standard InChI is InChI=1S/C20H22Cl2N6O3/c21-15-3-12(4-16(22)5-15)11-31-20(30)28-8-13-6-27(7-14(13)9-28)19(29)26-2-1-17-18(10-26)24-25-23-17/h3-5,13-14H,1-2,6-11H2,(H,23,24,25)/t13-,14+. The van der Waals surface area contributed by atoms with E-state index in [-0.39, 0.29) is 30.6 Å². The number of fused-ring (bicyclic) bond motifs is 2. The predicted molar refractivity (Wildman–Crippen MR) is 113 cm³/mol. The van der Waals surface area contributed by atoms with E-state index in [9.17, 15) is 9.59 Å². The van der Waals surface area contributed by atoms with Crippen molar-refractivity contribution in [2.24, 2.45) is 11.8 Å². The second-order valence-electron chi connectivity index (χ2n) is 8.35. The highest BCUT2D eigenvalue weighted by atomic mass is 35.5. The van der Waals surface area contributed by atoms with Crippen LogP contribution in [0.4, 0.5) is 9.59 Å².